The van der Waals surface area contributed by atoms with Gasteiger partial charge in [0.25, 0.3) is 0 Å². The van der Waals surface area contributed by atoms with Crippen molar-refractivity contribution < 1.29 is 14.3 Å². The highest BCUT2D eigenvalue weighted by Crippen LogP contribution is 2.22. The van der Waals surface area contributed by atoms with Crippen molar-refractivity contribution in [2.45, 2.75) is 6.17 Å². The normalized spacial score (nSPS) is 12.6. The van der Waals surface area contributed by atoms with Crippen molar-refractivity contribution in [2.75, 3.05) is 0 Å². The maximum Gasteiger partial charge on any atom is 0.343 e. The summed E-state index contributed by atoms with van der Waals surface area (Å²) in [5, 5.41) is 10.3. The predicted molar refractivity (Wildman–Crippen MR) is 55.4 cm³/mol. The summed E-state index contributed by atoms with van der Waals surface area (Å²) in [5.74, 6) is -1.45. The van der Waals surface area contributed by atoms with E-state index >= 15 is 0 Å². The Morgan fingerprint density at radius 3 is 2.47 bits per heavy atom. The monoisotopic (exact) mass is 204 g/mol. The number of alkyl halides is 1. The van der Waals surface area contributed by atoms with Crippen LogP contribution in [0.5, 0.6) is 0 Å². The number of carboxylic acids is 1. The Hall–Kier alpha value is -1.90. The molecule has 0 spiro atoms. The third kappa shape index (κ3) is 1.81. The van der Waals surface area contributed by atoms with E-state index in [1.807, 2.05) is 24.3 Å². The number of carbonyl (C=O) groups is 1. The molecule has 2 aromatic carbocycles. The summed E-state index contributed by atoms with van der Waals surface area (Å²) in [6.07, 6.45) is -1.95. The molecule has 0 fully saturated rings. The topological polar surface area (TPSA) is 37.3 Å². The first-order chi connectivity index (χ1) is 7.18. The van der Waals surface area contributed by atoms with Crippen LogP contribution in [0, 0.1) is 0 Å². The summed E-state index contributed by atoms with van der Waals surface area (Å²) in [5.41, 5.74) is 0.182. The first-order valence-electron chi connectivity index (χ1n) is 4.54. The Kier molecular flexibility index (Phi) is 2.37. The fourth-order valence-corrected chi connectivity index (χ4v) is 1.51. The van der Waals surface area contributed by atoms with Gasteiger partial charge in [0.2, 0.25) is 6.17 Å². The van der Waals surface area contributed by atoms with Gasteiger partial charge in [-0.2, -0.15) is 0 Å². The lowest BCUT2D eigenvalue weighted by molar-refractivity contribution is -0.143. The van der Waals surface area contributed by atoms with Crippen LogP contribution in [0.2, 0.25) is 0 Å². The minimum Gasteiger partial charge on any atom is -0.479 e. The molecule has 0 saturated heterocycles. The van der Waals surface area contributed by atoms with Crippen molar-refractivity contribution in [3.8, 4) is 0 Å². The molecule has 0 bridgehead atoms. The van der Waals surface area contributed by atoms with Gasteiger partial charge in [-0.15, -0.1) is 0 Å². The average molecular weight is 204 g/mol. The summed E-state index contributed by atoms with van der Waals surface area (Å²) in [6, 6.07) is 12.2. The first kappa shape index (κ1) is 9.65. The maximum atomic E-state index is 13.2. The second kappa shape index (κ2) is 3.69. The molecule has 2 rings (SSSR count). The SMILES string of the molecule is O=C(O)C(F)c1ccc2ccccc2c1. The van der Waals surface area contributed by atoms with Gasteiger partial charge in [0.1, 0.15) is 0 Å². The highest BCUT2D eigenvalue weighted by atomic mass is 19.1. The lowest BCUT2D eigenvalue weighted by Gasteiger charge is -2.04. The predicted octanol–water partition coefficient (Wildman–Crippen LogP) is 2.94. The highest BCUT2D eigenvalue weighted by Gasteiger charge is 2.17. The van der Waals surface area contributed by atoms with Crippen molar-refractivity contribution >= 4 is 16.7 Å². The van der Waals surface area contributed by atoms with Gasteiger partial charge in [0, 0.05) is 0 Å². The molecule has 0 heterocycles. The summed E-state index contributed by atoms with van der Waals surface area (Å²) in [4.78, 5) is 10.5. The molecule has 0 saturated carbocycles. The highest BCUT2D eigenvalue weighted by molar-refractivity contribution is 5.84. The van der Waals surface area contributed by atoms with Gasteiger partial charge < -0.3 is 5.11 Å². The van der Waals surface area contributed by atoms with Gasteiger partial charge in [0.15, 0.2) is 0 Å². The zero-order valence-corrected chi connectivity index (χ0v) is 7.85. The fraction of sp³-hybridized carbons (Fsp3) is 0.0833. The number of fused-ring (bicyclic) bond motifs is 1. The molecule has 0 radical (unpaired) electrons. The van der Waals surface area contributed by atoms with E-state index in [-0.39, 0.29) is 5.56 Å². The number of carboxylic acid groups (broad SMARTS) is 1. The second-order valence-corrected chi connectivity index (χ2v) is 3.31. The van der Waals surface area contributed by atoms with Crippen LogP contribution in [-0.2, 0) is 4.79 Å². The van der Waals surface area contributed by atoms with E-state index in [2.05, 4.69) is 0 Å². The lowest BCUT2D eigenvalue weighted by atomic mass is 10.0. The number of aliphatic carboxylic acids is 1. The van der Waals surface area contributed by atoms with Gasteiger partial charge in [0.05, 0.1) is 0 Å². The van der Waals surface area contributed by atoms with E-state index in [1.54, 1.807) is 12.1 Å². The lowest BCUT2D eigenvalue weighted by Crippen LogP contribution is -2.05. The van der Waals surface area contributed by atoms with Crippen LogP contribution in [-0.4, -0.2) is 11.1 Å². The third-order valence-electron chi connectivity index (χ3n) is 2.28. The molecule has 0 aromatic heterocycles. The number of hydrogen-bond acceptors (Lipinski definition) is 1. The van der Waals surface area contributed by atoms with Crippen molar-refractivity contribution in [2.24, 2.45) is 0 Å². The zero-order valence-electron chi connectivity index (χ0n) is 7.85. The van der Waals surface area contributed by atoms with Gasteiger partial charge in [-0.05, 0) is 22.4 Å². The Morgan fingerprint density at radius 2 is 1.80 bits per heavy atom. The van der Waals surface area contributed by atoms with Crippen LogP contribution in [0.4, 0.5) is 4.39 Å². The Balaban J connectivity index is 2.51. The molecular weight excluding hydrogens is 195 g/mol. The Morgan fingerprint density at radius 1 is 1.13 bits per heavy atom. The number of hydrogen-bond donors (Lipinski definition) is 1. The van der Waals surface area contributed by atoms with Crippen molar-refractivity contribution in [3.63, 3.8) is 0 Å². The van der Waals surface area contributed by atoms with Crippen LogP contribution < -0.4 is 0 Å². The molecule has 1 unspecified atom stereocenters. The molecule has 0 aliphatic carbocycles. The van der Waals surface area contributed by atoms with E-state index < -0.39 is 12.1 Å². The molecule has 2 aromatic rings. The fourth-order valence-electron chi connectivity index (χ4n) is 1.51. The number of benzene rings is 2. The van der Waals surface area contributed by atoms with Crippen molar-refractivity contribution in [3.05, 3.63) is 48.0 Å². The van der Waals surface area contributed by atoms with Crippen LogP contribution in [0.25, 0.3) is 10.8 Å². The van der Waals surface area contributed by atoms with E-state index in [1.165, 1.54) is 6.07 Å². The molecule has 2 nitrogen and oxygen atoms in total. The van der Waals surface area contributed by atoms with E-state index in [0.29, 0.717) is 0 Å². The van der Waals surface area contributed by atoms with Crippen LogP contribution in [0.1, 0.15) is 11.7 Å². The van der Waals surface area contributed by atoms with Crippen LogP contribution in [0.3, 0.4) is 0 Å². The molecule has 1 N–H and O–H groups in total. The molecule has 0 aliphatic rings. The number of halogens is 1. The minimum absolute atomic E-state index is 0.182. The molecular formula is C12H9FO2. The maximum absolute atomic E-state index is 13.2. The number of rotatable bonds is 2. The Labute approximate surface area is 86.0 Å². The van der Waals surface area contributed by atoms with E-state index in [0.717, 1.165) is 10.8 Å². The molecule has 1 atom stereocenters. The molecule has 76 valence electrons. The van der Waals surface area contributed by atoms with Crippen LogP contribution in [0.15, 0.2) is 42.5 Å². The van der Waals surface area contributed by atoms with Crippen molar-refractivity contribution in [1.82, 2.24) is 0 Å². The smallest absolute Gasteiger partial charge is 0.343 e. The van der Waals surface area contributed by atoms with Gasteiger partial charge in [-0.3, -0.25) is 0 Å². The Bertz CT molecular complexity index is 508. The average Bonchev–Trinajstić information content (AvgIpc) is 2.27. The second-order valence-electron chi connectivity index (χ2n) is 3.31. The quantitative estimate of drug-likeness (QED) is 0.816. The summed E-state index contributed by atoms with van der Waals surface area (Å²) < 4.78 is 13.2. The summed E-state index contributed by atoms with van der Waals surface area (Å²) >= 11 is 0. The standard InChI is InChI=1S/C12H9FO2/c13-11(12(14)15)10-6-5-8-3-1-2-4-9(8)7-10/h1-7,11H,(H,14,15). The van der Waals surface area contributed by atoms with Gasteiger partial charge in [-0.1, -0.05) is 36.4 Å². The van der Waals surface area contributed by atoms with Gasteiger partial charge in [-0.25, -0.2) is 9.18 Å². The zero-order chi connectivity index (χ0) is 10.8. The molecule has 0 aliphatic heterocycles. The largest absolute Gasteiger partial charge is 0.479 e. The summed E-state index contributed by atoms with van der Waals surface area (Å²) in [7, 11) is 0. The molecule has 15 heavy (non-hydrogen) atoms. The minimum atomic E-state index is -1.95. The molecule has 3 heteroatoms. The van der Waals surface area contributed by atoms with Gasteiger partial charge >= 0.3 is 5.97 Å². The molecule has 0 amide bonds. The first-order valence-corrected chi connectivity index (χ1v) is 4.54. The third-order valence-corrected chi connectivity index (χ3v) is 2.28. The van der Waals surface area contributed by atoms with Crippen molar-refractivity contribution in [1.29, 1.82) is 0 Å². The van der Waals surface area contributed by atoms with E-state index in [9.17, 15) is 9.18 Å². The summed E-state index contributed by atoms with van der Waals surface area (Å²) in [6.45, 7) is 0. The van der Waals surface area contributed by atoms with E-state index in [4.69, 9.17) is 5.11 Å². The van der Waals surface area contributed by atoms with Crippen LogP contribution >= 0.6 is 0 Å².